The van der Waals surface area contributed by atoms with E-state index in [0.29, 0.717) is 27.5 Å². The molecule has 3 nitrogen and oxygen atoms in total. The van der Waals surface area contributed by atoms with Gasteiger partial charge >= 0.3 is 0 Å². The van der Waals surface area contributed by atoms with Crippen molar-refractivity contribution in [1.82, 2.24) is 0 Å². The molecule has 0 amide bonds. The SMILES string of the molecule is O=Cc1c(Cl)ccc(CO/N=C/c2c(Cl)cccc2Cl)c1Cl. The van der Waals surface area contributed by atoms with Gasteiger partial charge < -0.3 is 4.84 Å². The highest BCUT2D eigenvalue weighted by Crippen LogP contribution is 2.27. The number of oxime groups is 1. The average Bonchev–Trinajstić information content (AvgIpc) is 2.48. The monoisotopic (exact) mass is 375 g/mol. The van der Waals surface area contributed by atoms with Crippen molar-refractivity contribution < 1.29 is 9.63 Å². The summed E-state index contributed by atoms with van der Waals surface area (Å²) in [5.41, 5.74) is 1.37. The summed E-state index contributed by atoms with van der Waals surface area (Å²) < 4.78 is 0. The summed E-state index contributed by atoms with van der Waals surface area (Å²) in [4.78, 5) is 16.1. The van der Waals surface area contributed by atoms with E-state index in [0.717, 1.165) is 0 Å². The van der Waals surface area contributed by atoms with Crippen molar-refractivity contribution in [3.63, 3.8) is 0 Å². The molecule has 0 aromatic heterocycles. The topological polar surface area (TPSA) is 38.7 Å². The molecule has 0 saturated heterocycles. The third-order valence-corrected chi connectivity index (χ3v) is 4.24. The molecule has 0 fully saturated rings. The van der Waals surface area contributed by atoms with Crippen molar-refractivity contribution >= 4 is 58.9 Å². The molecule has 0 aliphatic rings. The lowest BCUT2D eigenvalue weighted by Gasteiger charge is -2.06. The molecule has 2 rings (SSSR count). The molecule has 7 heteroatoms. The summed E-state index contributed by atoms with van der Waals surface area (Å²) >= 11 is 23.9. The maximum Gasteiger partial charge on any atom is 0.153 e. The first-order chi connectivity index (χ1) is 10.5. The van der Waals surface area contributed by atoms with Gasteiger partial charge in [-0.25, -0.2) is 0 Å². The van der Waals surface area contributed by atoms with Gasteiger partial charge in [-0.3, -0.25) is 4.79 Å². The molecular weight excluding hydrogens is 368 g/mol. The summed E-state index contributed by atoms with van der Waals surface area (Å²) in [5.74, 6) is 0. The van der Waals surface area contributed by atoms with E-state index >= 15 is 0 Å². The maximum atomic E-state index is 10.9. The fourth-order valence-corrected chi connectivity index (χ4v) is 2.67. The van der Waals surface area contributed by atoms with Crippen LogP contribution in [-0.4, -0.2) is 12.5 Å². The zero-order chi connectivity index (χ0) is 16.1. The first kappa shape index (κ1) is 17.1. The van der Waals surface area contributed by atoms with Crippen molar-refractivity contribution in [2.75, 3.05) is 0 Å². The number of benzene rings is 2. The highest BCUT2D eigenvalue weighted by Gasteiger charge is 2.10. The van der Waals surface area contributed by atoms with Gasteiger partial charge in [-0.2, -0.15) is 0 Å². The summed E-state index contributed by atoms with van der Waals surface area (Å²) in [6, 6.07) is 8.36. The smallest absolute Gasteiger partial charge is 0.153 e. The second-order valence-electron chi connectivity index (χ2n) is 4.20. The van der Waals surface area contributed by atoms with E-state index in [4.69, 9.17) is 51.2 Å². The Morgan fingerprint density at radius 2 is 1.59 bits per heavy atom. The van der Waals surface area contributed by atoms with Crippen LogP contribution in [0, 0.1) is 0 Å². The van der Waals surface area contributed by atoms with Crippen LogP contribution in [0.3, 0.4) is 0 Å². The van der Waals surface area contributed by atoms with Crippen LogP contribution in [0.5, 0.6) is 0 Å². The van der Waals surface area contributed by atoms with E-state index in [2.05, 4.69) is 5.16 Å². The third-order valence-electron chi connectivity index (χ3n) is 2.80. The molecule has 0 aliphatic heterocycles. The standard InChI is InChI=1S/C15H9Cl4NO2/c16-12-2-1-3-13(17)10(12)6-20-22-8-9-4-5-14(18)11(7-21)15(9)19/h1-7H,8H2/b20-6+. The number of hydrogen-bond donors (Lipinski definition) is 0. The van der Waals surface area contributed by atoms with Crippen LogP contribution in [0.1, 0.15) is 21.5 Å². The van der Waals surface area contributed by atoms with Gasteiger partial charge in [-0.15, -0.1) is 0 Å². The lowest BCUT2D eigenvalue weighted by Crippen LogP contribution is -1.94. The van der Waals surface area contributed by atoms with Crippen LogP contribution >= 0.6 is 46.4 Å². The Hall–Kier alpha value is -1.26. The number of halogens is 4. The van der Waals surface area contributed by atoms with Crippen LogP contribution < -0.4 is 0 Å². The highest BCUT2D eigenvalue weighted by molar-refractivity contribution is 6.39. The Morgan fingerprint density at radius 1 is 0.955 bits per heavy atom. The Morgan fingerprint density at radius 3 is 2.23 bits per heavy atom. The molecular formula is C15H9Cl4NO2. The van der Waals surface area contributed by atoms with E-state index in [-0.39, 0.29) is 22.2 Å². The Labute approximate surface area is 147 Å². The minimum Gasteiger partial charge on any atom is -0.391 e. The molecule has 0 unspecified atom stereocenters. The quantitative estimate of drug-likeness (QED) is 0.383. The molecule has 0 atom stereocenters. The maximum absolute atomic E-state index is 10.9. The van der Waals surface area contributed by atoms with Gasteiger partial charge in [0.25, 0.3) is 0 Å². The number of rotatable bonds is 5. The third kappa shape index (κ3) is 3.93. The number of nitrogens with zero attached hydrogens (tertiary/aromatic N) is 1. The van der Waals surface area contributed by atoms with Gasteiger partial charge in [-0.05, 0) is 18.2 Å². The largest absolute Gasteiger partial charge is 0.391 e. The molecule has 0 radical (unpaired) electrons. The molecule has 22 heavy (non-hydrogen) atoms. The average molecular weight is 377 g/mol. The molecule has 114 valence electrons. The molecule has 0 aliphatic carbocycles. The molecule has 0 heterocycles. The van der Waals surface area contributed by atoms with E-state index < -0.39 is 0 Å². The molecule has 2 aromatic rings. The van der Waals surface area contributed by atoms with Crippen LogP contribution in [0.25, 0.3) is 0 Å². The highest BCUT2D eigenvalue weighted by atomic mass is 35.5. The summed E-state index contributed by atoms with van der Waals surface area (Å²) in [5, 5.41) is 5.27. The summed E-state index contributed by atoms with van der Waals surface area (Å²) in [7, 11) is 0. The van der Waals surface area contributed by atoms with E-state index in [1.165, 1.54) is 6.21 Å². The van der Waals surface area contributed by atoms with E-state index in [1.807, 2.05) is 0 Å². The number of aldehydes is 1. The van der Waals surface area contributed by atoms with E-state index in [1.54, 1.807) is 30.3 Å². The summed E-state index contributed by atoms with van der Waals surface area (Å²) in [6.07, 6.45) is 2.01. The van der Waals surface area contributed by atoms with Gasteiger partial charge in [0.05, 0.1) is 31.9 Å². The van der Waals surface area contributed by atoms with Gasteiger partial charge in [0.2, 0.25) is 0 Å². The van der Waals surface area contributed by atoms with Gasteiger partial charge in [-0.1, -0.05) is 63.7 Å². The number of carbonyl (C=O) groups excluding carboxylic acids is 1. The molecule has 0 saturated carbocycles. The lowest BCUT2D eigenvalue weighted by atomic mass is 10.1. The number of hydrogen-bond acceptors (Lipinski definition) is 3. The van der Waals surface area contributed by atoms with Crippen LogP contribution in [0.15, 0.2) is 35.5 Å². The fourth-order valence-electron chi connectivity index (χ4n) is 1.66. The Balaban J connectivity index is 2.09. The van der Waals surface area contributed by atoms with Gasteiger partial charge in [0.15, 0.2) is 6.29 Å². The molecule has 0 N–H and O–H groups in total. The minimum absolute atomic E-state index is 0.0788. The van der Waals surface area contributed by atoms with Crippen molar-refractivity contribution in [1.29, 1.82) is 0 Å². The molecule has 0 bridgehead atoms. The Bertz CT molecular complexity index is 711. The minimum atomic E-state index is 0.0788. The van der Waals surface area contributed by atoms with Gasteiger partial charge in [0, 0.05) is 11.1 Å². The predicted molar refractivity (Wildman–Crippen MR) is 90.7 cm³/mol. The Kier molecular flexibility index (Phi) is 6.09. The second kappa shape index (κ2) is 7.84. The fraction of sp³-hybridized carbons (Fsp3) is 0.0667. The van der Waals surface area contributed by atoms with Gasteiger partial charge in [0.1, 0.15) is 6.61 Å². The van der Waals surface area contributed by atoms with Crippen molar-refractivity contribution in [3.05, 3.63) is 67.1 Å². The normalized spacial score (nSPS) is 10.9. The van der Waals surface area contributed by atoms with Crippen molar-refractivity contribution in [2.45, 2.75) is 6.61 Å². The first-order valence-corrected chi connectivity index (χ1v) is 7.57. The summed E-state index contributed by atoms with van der Waals surface area (Å²) in [6.45, 7) is 0.0788. The second-order valence-corrected chi connectivity index (χ2v) is 5.79. The van der Waals surface area contributed by atoms with Crippen LogP contribution in [0.4, 0.5) is 0 Å². The van der Waals surface area contributed by atoms with Crippen molar-refractivity contribution in [3.8, 4) is 0 Å². The zero-order valence-corrected chi connectivity index (χ0v) is 14.0. The molecule has 0 spiro atoms. The van der Waals surface area contributed by atoms with E-state index in [9.17, 15) is 4.79 Å². The van der Waals surface area contributed by atoms with Crippen LogP contribution in [-0.2, 0) is 11.4 Å². The van der Waals surface area contributed by atoms with Crippen molar-refractivity contribution in [2.24, 2.45) is 5.16 Å². The lowest BCUT2D eigenvalue weighted by molar-refractivity contribution is 0.112. The molecule has 2 aromatic carbocycles. The predicted octanol–water partition coefficient (Wildman–Crippen LogP) is 5.66. The van der Waals surface area contributed by atoms with Crippen LogP contribution in [0.2, 0.25) is 20.1 Å². The first-order valence-electron chi connectivity index (χ1n) is 6.06. The zero-order valence-electron chi connectivity index (χ0n) is 11.0. The number of carbonyl (C=O) groups is 1.